The van der Waals surface area contributed by atoms with Crippen molar-refractivity contribution >= 4 is 23.1 Å². The van der Waals surface area contributed by atoms with E-state index in [1.54, 1.807) is 0 Å². The number of hydrogen-bond donors (Lipinski definition) is 0. The molecule has 0 N–H and O–H groups in total. The first-order chi connectivity index (χ1) is 14.0. The van der Waals surface area contributed by atoms with Crippen LogP contribution < -0.4 is 4.57 Å². The normalized spacial score (nSPS) is 11.9. The Hall–Kier alpha value is -2.93. The third kappa shape index (κ3) is 3.58. The fourth-order valence-electron chi connectivity index (χ4n) is 4.28. The van der Waals surface area contributed by atoms with Gasteiger partial charge < -0.3 is 0 Å². The predicted molar refractivity (Wildman–Crippen MR) is 125 cm³/mol. The first-order valence-electron chi connectivity index (χ1n) is 10.6. The van der Waals surface area contributed by atoms with Gasteiger partial charge in [-0.25, -0.2) is 0 Å². The van der Waals surface area contributed by atoms with Crippen LogP contribution in [0.3, 0.4) is 0 Å². The van der Waals surface area contributed by atoms with Gasteiger partial charge in [0, 0.05) is 12.1 Å². The van der Waals surface area contributed by atoms with E-state index in [0.29, 0.717) is 5.92 Å². The molecule has 146 valence electrons. The van der Waals surface area contributed by atoms with Crippen LogP contribution in [-0.4, -0.2) is 0 Å². The summed E-state index contributed by atoms with van der Waals surface area (Å²) in [7, 11) is 0. The Morgan fingerprint density at radius 3 is 2.38 bits per heavy atom. The van der Waals surface area contributed by atoms with Crippen molar-refractivity contribution in [2.24, 2.45) is 0 Å². The Morgan fingerprint density at radius 1 is 0.862 bits per heavy atom. The molecule has 0 radical (unpaired) electrons. The lowest BCUT2D eigenvalue weighted by molar-refractivity contribution is -0.667. The summed E-state index contributed by atoms with van der Waals surface area (Å²) in [5.41, 5.74) is 10.7. The van der Waals surface area contributed by atoms with E-state index < -0.39 is 0 Å². The molecule has 0 fully saturated rings. The summed E-state index contributed by atoms with van der Waals surface area (Å²) >= 11 is 0. The molecule has 4 rings (SSSR count). The number of pyridine rings is 1. The Morgan fingerprint density at radius 2 is 1.62 bits per heavy atom. The summed E-state index contributed by atoms with van der Waals surface area (Å²) in [6.07, 6.45) is 6.75. The SMILES string of the molecule is CC[n+]1ccc(C=Cc2cc(C)c3cc(C(C)C)ccc(C)c2-3)c2ccccc21. The molecule has 1 aromatic heterocycles. The van der Waals surface area contributed by atoms with Crippen LogP contribution in [0.4, 0.5) is 0 Å². The molecule has 29 heavy (non-hydrogen) atoms. The van der Waals surface area contributed by atoms with E-state index in [9.17, 15) is 0 Å². The van der Waals surface area contributed by atoms with Crippen molar-refractivity contribution in [3.63, 3.8) is 0 Å². The maximum absolute atomic E-state index is 2.38. The van der Waals surface area contributed by atoms with E-state index in [2.05, 4.69) is 112 Å². The molecule has 0 saturated heterocycles. The smallest absolute Gasteiger partial charge is 0.199 e. The molecular weight excluding hydrogens is 350 g/mol. The molecule has 1 aromatic carbocycles. The monoisotopic (exact) mass is 380 g/mol. The summed E-state index contributed by atoms with van der Waals surface area (Å²) in [5.74, 6) is 0.527. The summed E-state index contributed by atoms with van der Waals surface area (Å²) < 4.78 is 2.30. The second-order valence-electron chi connectivity index (χ2n) is 8.29. The Kier molecular flexibility index (Phi) is 5.24. The second-order valence-corrected chi connectivity index (χ2v) is 8.29. The van der Waals surface area contributed by atoms with Crippen LogP contribution in [0.2, 0.25) is 0 Å². The van der Waals surface area contributed by atoms with Gasteiger partial charge in [0.1, 0.15) is 6.54 Å². The van der Waals surface area contributed by atoms with Crippen molar-refractivity contribution < 1.29 is 4.57 Å². The number of aromatic nitrogens is 1. The minimum atomic E-state index is 0.527. The van der Waals surface area contributed by atoms with Crippen LogP contribution in [0.25, 0.3) is 34.2 Å². The van der Waals surface area contributed by atoms with Crippen LogP contribution in [-0.2, 0) is 6.54 Å². The van der Waals surface area contributed by atoms with Crippen molar-refractivity contribution in [2.75, 3.05) is 0 Å². The van der Waals surface area contributed by atoms with Gasteiger partial charge in [0.05, 0.1) is 5.39 Å². The molecule has 0 bridgehead atoms. The highest BCUT2D eigenvalue weighted by Crippen LogP contribution is 2.37. The van der Waals surface area contributed by atoms with Crippen LogP contribution in [0.5, 0.6) is 0 Å². The first kappa shape index (κ1) is 19.4. The molecule has 2 aliphatic rings. The zero-order valence-electron chi connectivity index (χ0n) is 18.2. The maximum atomic E-state index is 2.38. The van der Waals surface area contributed by atoms with E-state index in [0.717, 1.165) is 6.54 Å². The third-order valence-corrected chi connectivity index (χ3v) is 5.99. The van der Waals surface area contributed by atoms with E-state index in [-0.39, 0.29) is 0 Å². The molecule has 1 heterocycles. The van der Waals surface area contributed by atoms with Gasteiger partial charge in [-0.1, -0.05) is 62.4 Å². The van der Waals surface area contributed by atoms with Crippen molar-refractivity contribution in [3.8, 4) is 11.1 Å². The molecule has 2 aliphatic carbocycles. The number of rotatable bonds is 4. The highest BCUT2D eigenvalue weighted by atomic mass is 14.9. The van der Waals surface area contributed by atoms with Crippen molar-refractivity contribution in [1.82, 2.24) is 0 Å². The van der Waals surface area contributed by atoms with Gasteiger partial charge in [-0.3, -0.25) is 0 Å². The molecule has 0 saturated carbocycles. The Bertz CT molecular complexity index is 1180. The van der Waals surface area contributed by atoms with Crippen molar-refractivity contribution in [2.45, 2.75) is 47.1 Å². The van der Waals surface area contributed by atoms with Gasteiger partial charge in [0.15, 0.2) is 6.20 Å². The average Bonchev–Trinajstić information content (AvgIpc) is 2.91. The van der Waals surface area contributed by atoms with E-state index in [1.165, 1.54) is 49.8 Å². The molecule has 0 amide bonds. The molecule has 0 atom stereocenters. The highest BCUT2D eigenvalue weighted by Gasteiger charge is 2.15. The molecule has 1 heteroatoms. The van der Waals surface area contributed by atoms with E-state index in [4.69, 9.17) is 0 Å². The minimum Gasteiger partial charge on any atom is -0.199 e. The Labute approximate surface area is 174 Å². The number of fused-ring (bicyclic) bond motifs is 2. The lowest BCUT2D eigenvalue weighted by Crippen LogP contribution is -2.32. The van der Waals surface area contributed by atoms with Gasteiger partial charge in [-0.15, -0.1) is 0 Å². The first-order valence-corrected chi connectivity index (χ1v) is 10.6. The van der Waals surface area contributed by atoms with Gasteiger partial charge in [-0.05, 0) is 71.7 Å². The van der Waals surface area contributed by atoms with Crippen LogP contribution in [0, 0.1) is 13.8 Å². The van der Waals surface area contributed by atoms with Crippen molar-refractivity contribution in [3.05, 3.63) is 88.6 Å². The predicted octanol–water partition coefficient (Wildman–Crippen LogP) is 7.16. The highest BCUT2D eigenvalue weighted by molar-refractivity contribution is 5.92. The Balaban J connectivity index is 1.82. The largest absolute Gasteiger partial charge is 0.213 e. The number of para-hydroxylation sites is 1. The third-order valence-electron chi connectivity index (χ3n) is 5.99. The summed E-state index contributed by atoms with van der Waals surface area (Å²) in [6.45, 7) is 12.1. The number of nitrogens with zero attached hydrogens (tertiary/aromatic N) is 1. The lowest BCUT2D eigenvalue weighted by Gasteiger charge is -2.05. The number of aryl methyl sites for hydroxylation is 3. The van der Waals surface area contributed by atoms with Crippen LogP contribution in [0.1, 0.15) is 54.5 Å². The molecular formula is C28H30N+. The van der Waals surface area contributed by atoms with Gasteiger partial charge >= 0.3 is 0 Å². The van der Waals surface area contributed by atoms with E-state index >= 15 is 0 Å². The standard InChI is InChI=1S/C28H30N/c1-6-29-16-15-22(25-9-7-8-10-27(25)29)13-14-24-17-21(5)26-18-23(19(2)3)12-11-20(4)28(24)26/h7-19H,6H2,1-5H3/q+1. The fourth-order valence-corrected chi connectivity index (χ4v) is 4.28. The molecule has 0 aliphatic heterocycles. The van der Waals surface area contributed by atoms with Crippen LogP contribution in [0.15, 0.2) is 60.8 Å². The van der Waals surface area contributed by atoms with Crippen molar-refractivity contribution in [1.29, 1.82) is 0 Å². The minimum absolute atomic E-state index is 0.527. The summed E-state index contributed by atoms with van der Waals surface area (Å²) in [5, 5.41) is 1.30. The molecule has 0 unspecified atom stereocenters. The fraction of sp³-hybridized carbons (Fsp3) is 0.250. The average molecular weight is 381 g/mol. The second kappa shape index (κ2) is 7.83. The zero-order chi connectivity index (χ0) is 20.5. The lowest BCUT2D eigenvalue weighted by atomic mass is 10.00. The van der Waals surface area contributed by atoms with Gasteiger partial charge in [0.25, 0.3) is 0 Å². The van der Waals surface area contributed by atoms with E-state index in [1.807, 2.05) is 0 Å². The summed E-state index contributed by atoms with van der Waals surface area (Å²) in [4.78, 5) is 0. The van der Waals surface area contributed by atoms with Crippen LogP contribution >= 0.6 is 0 Å². The quantitative estimate of drug-likeness (QED) is 0.331. The zero-order valence-corrected chi connectivity index (χ0v) is 18.2. The maximum Gasteiger partial charge on any atom is 0.213 e. The topological polar surface area (TPSA) is 3.88 Å². The molecule has 2 aromatic rings. The number of benzene rings is 1. The van der Waals surface area contributed by atoms with Gasteiger partial charge in [-0.2, -0.15) is 4.57 Å². The molecule has 0 spiro atoms. The number of hydrogen-bond acceptors (Lipinski definition) is 0. The molecule has 1 nitrogen and oxygen atoms in total. The van der Waals surface area contributed by atoms with Gasteiger partial charge in [0.2, 0.25) is 5.52 Å². The summed E-state index contributed by atoms with van der Waals surface area (Å²) in [6, 6.07) is 20.1.